The molecule has 108 valence electrons. The van der Waals surface area contributed by atoms with Gasteiger partial charge in [-0.25, -0.2) is 0 Å². The normalized spacial score (nSPS) is 39.7. The lowest BCUT2D eigenvalue weighted by Gasteiger charge is -2.51. The van der Waals surface area contributed by atoms with Crippen molar-refractivity contribution in [2.75, 3.05) is 0 Å². The lowest BCUT2D eigenvalue weighted by atomic mass is 9.54. The summed E-state index contributed by atoms with van der Waals surface area (Å²) in [4.78, 5) is 24.2. The van der Waals surface area contributed by atoms with E-state index in [1.165, 1.54) is 0 Å². The van der Waals surface area contributed by atoms with Crippen molar-refractivity contribution in [2.45, 2.75) is 59.8 Å². The number of hydrogen-bond acceptors (Lipinski definition) is 2. The van der Waals surface area contributed by atoms with Crippen LogP contribution < -0.4 is 5.32 Å². The van der Waals surface area contributed by atoms with Crippen molar-refractivity contribution < 1.29 is 9.59 Å². The molecule has 1 saturated heterocycles. The van der Waals surface area contributed by atoms with Crippen LogP contribution in [0.3, 0.4) is 0 Å². The lowest BCUT2D eigenvalue weighted by molar-refractivity contribution is -0.150. The number of amides is 2. The highest BCUT2D eigenvalue weighted by molar-refractivity contribution is 5.99. The Morgan fingerprint density at radius 2 is 2.00 bits per heavy atom. The van der Waals surface area contributed by atoms with Crippen molar-refractivity contribution in [3.63, 3.8) is 0 Å². The summed E-state index contributed by atoms with van der Waals surface area (Å²) in [5.41, 5.74) is -0.0732. The molecule has 4 atom stereocenters. The summed E-state index contributed by atoms with van der Waals surface area (Å²) in [6.45, 7) is 8.85. The van der Waals surface area contributed by atoms with Gasteiger partial charge in [-0.15, -0.1) is 0 Å². The fraction of sp³-hybridized carbons (Fsp3) is 0.875. The van der Waals surface area contributed by atoms with Gasteiger partial charge in [-0.3, -0.25) is 14.9 Å². The first-order valence-electron chi connectivity index (χ1n) is 7.69. The van der Waals surface area contributed by atoms with Crippen molar-refractivity contribution in [2.24, 2.45) is 29.1 Å². The maximum atomic E-state index is 12.3. The maximum Gasteiger partial charge on any atom is 0.230 e. The van der Waals surface area contributed by atoms with E-state index >= 15 is 0 Å². The number of carbonyl (C=O) groups is 2. The largest absolute Gasteiger partial charge is 0.296 e. The summed E-state index contributed by atoms with van der Waals surface area (Å²) in [6, 6.07) is 0. The van der Waals surface area contributed by atoms with Crippen LogP contribution in [0.2, 0.25) is 0 Å². The highest BCUT2D eigenvalue weighted by Gasteiger charge is 2.52. The SMILES string of the molecule is CC(C)CC1C(=O)NC(=O)CC12CCC(C)CC2C. The second kappa shape index (κ2) is 5.26. The van der Waals surface area contributed by atoms with Gasteiger partial charge in [-0.1, -0.05) is 34.1 Å². The van der Waals surface area contributed by atoms with E-state index in [0.29, 0.717) is 18.3 Å². The van der Waals surface area contributed by atoms with Crippen molar-refractivity contribution in [3.05, 3.63) is 0 Å². The molecule has 1 N–H and O–H groups in total. The van der Waals surface area contributed by atoms with E-state index < -0.39 is 0 Å². The zero-order valence-corrected chi connectivity index (χ0v) is 12.7. The standard InChI is InChI=1S/C16H27NO2/c1-10(2)7-13-15(19)17-14(18)9-16(13)6-5-11(3)8-12(16)4/h10-13H,5-9H2,1-4H3,(H,17,18,19). The molecule has 19 heavy (non-hydrogen) atoms. The average Bonchev–Trinajstić information content (AvgIpc) is 2.28. The minimum absolute atomic E-state index is 0.0210. The molecule has 1 aliphatic heterocycles. The first-order valence-corrected chi connectivity index (χ1v) is 7.69. The molecule has 0 bridgehead atoms. The van der Waals surface area contributed by atoms with Gasteiger partial charge in [0.1, 0.15) is 0 Å². The third-order valence-electron chi connectivity index (χ3n) is 5.31. The zero-order chi connectivity index (χ0) is 14.2. The van der Waals surface area contributed by atoms with Crippen LogP contribution in [-0.2, 0) is 9.59 Å². The topological polar surface area (TPSA) is 46.2 Å². The Bertz CT molecular complexity index is 377. The first kappa shape index (κ1) is 14.5. The van der Waals surface area contributed by atoms with E-state index in [9.17, 15) is 9.59 Å². The number of hydrogen-bond donors (Lipinski definition) is 1. The van der Waals surface area contributed by atoms with Gasteiger partial charge in [-0.05, 0) is 42.4 Å². The van der Waals surface area contributed by atoms with Gasteiger partial charge in [-0.2, -0.15) is 0 Å². The van der Waals surface area contributed by atoms with Crippen molar-refractivity contribution in [1.29, 1.82) is 0 Å². The molecular weight excluding hydrogens is 238 g/mol. The summed E-state index contributed by atoms with van der Waals surface area (Å²) in [5.74, 6) is 1.62. The molecule has 1 aliphatic carbocycles. The van der Waals surface area contributed by atoms with E-state index in [2.05, 4.69) is 33.0 Å². The van der Waals surface area contributed by atoms with Gasteiger partial charge in [0, 0.05) is 12.3 Å². The third kappa shape index (κ3) is 2.70. The number of carbonyl (C=O) groups excluding carboxylic acids is 2. The van der Waals surface area contributed by atoms with E-state index in [1.54, 1.807) is 0 Å². The molecule has 4 unspecified atom stereocenters. The molecule has 2 rings (SSSR count). The molecule has 0 aromatic carbocycles. The first-order chi connectivity index (χ1) is 8.85. The molecule has 2 fully saturated rings. The molecule has 1 spiro atoms. The lowest BCUT2D eigenvalue weighted by Crippen LogP contribution is -2.56. The quantitative estimate of drug-likeness (QED) is 0.780. The summed E-state index contributed by atoms with van der Waals surface area (Å²) in [7, 11) is 0. The highest BCUT2D eigenvalue weighted by atomic mass is 16.2. The number of imide groups is 1. The Labute approximate surface area is 116 Å². The Morgan fingerprint density at radius 3 is 2.58 bits per heavy atom. The molecular formula is C16H27NO2. The second-order valence-corrected chi connectivity index (χ2v) is 7.29. The Balaban J connectivity index is 2.30. The molecule has 1 saturated carbocycles. The van der Waals surface area contributed by atoms with Crippen LogP contribution in [0.15, 0.2) is 0 Å². The second-order valence-electron chi connectivity index (χ2n) is 7.29. The number of piperidine rings is 1. The Morgan fingerprint density at radius 1 is 1.32 bits per heavy atom. The average molecular weight is 265 g/mol. The van der Waals surface area contributed by atoms with Crippen molar-refractivity contribution >= 4 is 11.8 Å². The monoisotopic (exact) mass is 265 g/mol. The summed E-state index contributed by atoms with van der Waals surface area (Å²) in [6.07, 6.45) is 4.78. The van der Waals surface area contributed by atoms with Gasteiger partial charge in [0.25, 0.3) is 0 Å². The summed E-state index contributed by atoms with van der Waals surface area (Å²) < 4.78 is 0. The van der Waals surface area contributed by atoms with E-state index in [1.807, 2.05) is 0 Å². The number of rotatable bonds is 2. The van der Waals surface area contributed by atoms with Crippen LogP contribution in [0.25, 0.3) is 0 Å². The van der Waals surface area contributed by atoms with Crippen LogP contribution in [0.1, 0.15) is 59.8 Å². The Kier molecular flexibility index (Phi) is 4.03. The van der Waals surface area contributed by atoms with Crippen LogP contribution in [0.4, 0.5) is 0 Å². The molecule has 3 nitrogen and oxygen atoms in total. The molecule has 3 heteroatoms. The van der Waals surface area contributed by atoms with E-state index in [4.69, 9.17) is 0 Å². The minimum Gasteiger partial charge on any atom is -0.296 e. The van der Waals surface area contributed by atoms with Crippen LogP contribution in [0.5, 0.6) is 0 Å². The molecule has 2 aliphatic rings. The number of nitrogens with one attached hydrogen (secondary N) is 1. The highest BCUT2D eigenvalue weighted by Crippen LogP contribution is 2.53. The van der Waals surface area contributed by atoms with Gasteiger partial charge < -0.3 is 0 Å². The maximum absolute atomic E-state index is 12.3. The minimum atomic E-state index is -0.0732. The predicted molar refractivity (Wildman–Crippen MR) is 75.3 cm³/mol. The fourth-order valence-electron chi connectivity index (χ4n) is 4.26. The van der Waals surface area contributed by atoms with Gasteiger partial charge >= 0.3 is 0 Å². The van der Waals surface area contributed by atoms with E-state index in [-0.39, 0.29) is 23.1 Å². The predicted octanol–water partition coefficient (Wildman–Crippen LogP) is 3.14. The van der Waals surface area contributed by atoms with Gasteiger partial charge in [0.2, 0.25) is 11.8 Å². The zero-order valence-electron chi connectivity index (χ0n) is 12.7. The summed E-state index contributed by atoms with van der Waals surface area (Å²) >= 11 is 0. The third-order valence-corrected chi connectivity index (χ3v) is 5.31. The van der Waals surface area contributed by atoms with E-state index in [0.717, 1.165) is 31.6 Å². The molecule has 0 radical (unpaired) electrons. The molecule has 1 heterocycles. The molecule has 0 aromatic rings. The fourth-order valence-corrected chi connectivity index (χ4v) is 4.26. The van der Waals surface area contributed by atoms with Crippen LogP contribution >= 0.6 is 0 Å². The smallest absolute Gasteiger partial charge is 0.230 e. The van der Waals surface area contributed by atoms with Crippen molar-refractivity contribution in [1.82, 2.24) is 5.32 Å². The Hall–Kier alpha value is -0.860. The van der Waals surface area contributed by atoms with Crippen molar-refractivity contribution in [3.8, 4) is 0 Å². The molecule has 2 amide bonds. The van der Waals surface area contributed by atoms with Gasteiger partial charge in [0.15, 0.2) is 0 Å². The van der Waals surface area contributed by atoms with Crippen LogP contribution in [-0.4, -0.2) is 11.8 Å². The van der Waals surface area contributed by atoms with Gasteiger partial charge in [0.05, 0.1) is 0 Å². The molecule has 0 aromatic heterocycles. The summed E-state index contributed by atoms with van der Waals surface area (Å²) in [5, 5.41) is 2.56. The van der Waals surface area contributed by atoms with Crippen LogP contribution in [0, 0.1) is 29.1 Å².